The fourth-order valence-electron chi connectivity index (χ4n) is 2.32. The fraction of sp³-hybridized carbons (Fsp3) is 0.929. The van der Waals surface area contributed by atoms with E-state index < -0.39 is 0 Å². The van der Waals surface area contributed by atoms with E-state index in [9.17, 15) is 0 Å². The third kappa shape index (κ3) is 4.99. The van der Waals surface area contributed by atoms with Crippen molar-refractivity contribution in [1.82, 2.24) is 15.5 Å². The lowest BCUT2D eigenvalue weighted by atomic mass is 9.88. The van der Waals surface area contributed by atoms with Crippen LogP contribution >= 0.6 is 0 Å². The number of rotatable bonds is 3. The van der Waals surface area contributed by atoms with Gasteiger partial charge in [0.25, 0.3) is 0 Å². The van der Waals surface area contributed by atoms with E-state index in [1.165, 1.54) is 0 Å². The first-order valence-electron chi connectivity index (χ1n) is 7.03. The molecule has 1 aliphatic rings. The van der Waals surface area contributed by atoms with Crippen LogP contribution in [0.1, 0.15) is 33.6 Å². The predicted molar refractivity (Wildman–Crippen MR) is 80.7 cm³/mol. The maximum absolute atomic E-state index is 5.49. The Balaban J connectivity index is 2.60. The number of nitrogens with one attached hydrogen (secondary N) is 2. The van der Waals surface area contributed by atoms with E-state index in [1.807, 2.05) is 7.05 Å². The van der Waals surface area contributed by atoms with Crippen LogP contribution in [0.4, 0.5) is 0 Å². The highest BCUT2D eigenvalue weighted by molar-refractivity contribution is 5.80. The highest BCUT2D eigenvalue weighted by Gasteiger charge is 2.34. The van der Waals surface area contributed by atoms with E-state index >= 15 is 0 Å². The molecule has 19 heavy (non-hydrogen) atoms. The first kappa shape index (κ1) is 16.2. The average Bonchev–Trinajstić information content (AvgIpc) is 2.34. The Labute approximate surface area is 117 Å². The standard InChI is InChI=1S/C14H30N4O/c1-13(2,3)17-12(15-4)16-11-14(18(5)6)7-9-19-10-8-14/h7-11H2,1-6H3,(H2,15,16,17). The molecule has 5 heteroatoms. The second-order valence-electron chi connectivity index (χ2n) is 6.53. The van der Waals surface area contributed by atoms with Crippen LogP contribution in [0.25, 0.3) is 0 Å². The van der Waals surface area contributed by atoms with Crippen LogP contribution in [-0.4, -0.2) is 62.8 Å². The molecule has 0 aromatic heterocycles. The van der Waals surface area contributed by atoms with Crippen molar-refractivity contribution in [2.45, 2.75) is 44.7 Å². The molecule has 2 N–H and O–H groups in total. The highest BCUT2D eigenvalue weighted by atomic mass is 16.5. The third-order valence-electron chi connectivity index (χ3n) is 3.67. The van der Waals surface area contributed by atoms with Crippen LogP contribution in [0.15, 0.2) is 4.99 Å². The summed E-state index contributed by atoms with van der Waals surface area (Å²) in [5.74, 6) is 0.861. The molecule has 1 heterocycles. The van der Waals surface area contributed by atoms with E-state index in [1.54, 1.807) is 0 Å². The Morgan fingerprint density at radius 3 is 2.26 bits per heavy atom. The van der Waals surface area contributed by atoms with E-state index in [4.69, 9.17) is 4.74 Å². The van der Waals surface area contributed by atoms with Crippen molar-refractivity contribution >= 4 is 5.96 Å². The number of aliphatic imine (C=N–C) groups is 1. The minimum atomic E-state index is 0.0167. The van der Waals surface area contributed by atoms with Gasteiger partial charge in [-0.1, -0.05) is 0 Å². The van der Waals surface area contributed by atoms with Gasteiger partial charge in [-0.25, -0.2) is 0 Å². The van der Waals surface area contributed by atoms with Gasteiger partial charge in [0.2, 0.25) is 0 Å². The first-order chi connectivity index (χ1) is 8.79. The molecule has 112 valence electrons. The second kappa shape index (κ2) is 6.57. The monoisotopic (exact) mass is 270 g/mol. The zero-order valence-electron chi connectivity index (χ0n) is 13.3. The van der Waals surface area contributed by atoms with E-state index in [0.717, 1.165) is 38.6 Å². The third-order valence-corrected chi connectivity index (χ3v) is 3.67. The summed E-state index contributed by atoms with van der Waals surface area (Å²) in [6, 6.07) is 0. The minimum absolute atomic E-state index is 0.0167. The number of hydrogen-bond acceptors (Lipinski definition) is 3. The molecular weight excluding hydrogens is 240 g/mol. The molecular formula is C14H30N4O. The van der Waals surface area contributed by atoms with Gasteiger partial charge in [-0.05, 0) is 47.7 Å². The van der Waals surface area contributed by atoms with Crippen LogP contribution in [0, 0.1) is 0 Å². The summed E-state index contributed by atoms with van der Waals surface area (Å²) in [4.78, 5) is 6.61. The topological polar surface area (TPSA) is 48.9 Å². The van der Waals surface area contributed by atoms with Gasteiger partial charge >= 0.3 is 0 Å². The van der Waals surface area contributed by atoms with Crippen molar-refractivity contribution in [2.24, 2.45) is 4.99 Å². The van der Waals surface area contributed by atoms with Gasteiger partial charge in [-0.15, -0.1) is 0 Å². The van der Waals surface area contributed by atoms with E-state index in [2.05, 4.69) is 55.4 Å². The number of nitrogens with zero attached hydrogens (tertiary/aromatic N) is 2. The number of ether oxygens (including phenoxy) is 1. The quantitative estimate of drug-likeness (QED) is 0.595. The Morgan fingerprint density at radius 1 is 1.26 bits per heavy atom. The lowest BCUT2D eigenvalue weighted by Crippen LogP contribution is -2.58. The normalized spacial score (nSPS) is 20.5. The molecule has 0 amide bonds. The van der Waals surface area contributed by atoms with Gasteiger partial charge in [0.1, 0.15) is 0 Å². The van der Waals surface area contributed by atoms with Crippen LogP contribution in [-0.2, 0) is 4.74 Å². The lowest BCUT2D eigenvalue weighted by molar-refractivity contribution is -0.00505. The summed E-state index contributed by atoms with van der Waals surface area (Å²) in [5.41, 5.74) is 0.177. The van der Waals surface area contributed by atoms with Crippen molar-refractivity contribution in [3.63, 3.8) is 0 Å². The van der Waals surface area contributed by atoms with Gasteiger partial charge in [0, 0.05) is 37.9 Å². The molecule has 0 aromatic rings. The molecule has 0 bridgehead atoms. The zero-order valence-corrected chi connectivity index (χ0v) is 13.3. The second-order valence-corrected chi connectivity index (χ2v) is 6.53. The van der Waals surface area contributed by atoms with Crippen molar-refractivity contribution < 1.29 is 4.74 Å². The van der Waals surface area contributed by atoms with Crippen LogP contribution in [0.3, 0.4) is 0 Å². The van der Waals surface area contributed by atoms with Crippen LogP contribution in [0.2, 0.25) is 0 Å². The van der Waals surface area contributed by atoms with E-state index in [-0.39, 0.29) is 11.1 Å². The van der Waals surface area contributed by atoms with Gasteiger partial charge in [0.15, 0.2) is 5.96 Å². The molecule has 1 aliphatic heterocycles. The van der Waals surface area contributed by atoms with Crippen molar-refractivity contribution in [1.29, 1.82) is 0 Å². The Bertz CT molecular complexity index is 301. The molecule has 0 radical (unpaired) electrons. The number of guanidine groups is 1. The predicted octanol–water partition coefficient (Wildman–Crippen LogP) is 1.06. The number of likely N-dealkylation sites (N-methyl/N-ethyl adjacent to an activating group) is 1. The van der Waals surface area contributed by atoms with Crippen molar-refractivity contribution in [2.75, 3.05) is 40.9 Å². The fourth-order valence-corrected chi connectivity index (χ4v) is 2.32. The molecule has 0 atom stereocenters. The molecule has 1 rings (SSSR count). The molecule has 0 aliphatic carbocycles. The molecule has 1 saturated heterocycles. The summed E-state index contributed by atoms with van der Waals surface area (Å²) in [5, 5.41) is 6.85. The van der Waals surface area contributed by atoms with E-state index in [0.29, 0.717) is 0 Å². The van der Waals surface area contributed by atoms with Gasteiger partial charge in [0.05, 0.1) is 0 Å². The lowest BCUT2D eigenvalue weighted by Gasteiger charge is -2.43. The molecule has 0 spiro atoms. The summed E-state index contributed by atoms with van der Waals surface area (Å²) < 4.78 is 5.49. The van der Waals surface area contributed by atoms with Gasteiger partial charge < -0.3 is 20.3 Å². The SMILES string of the molecule is CN=C(NCC1(N(C)C)CCOCC1)NC(C)(C)C. The van der Waals surface area contributed by atoms with Crippen LogP contribution in [0.5, 0.6) is 0 Å². The first-order valence-corrected chi connectivity index (χ1v) is 7.03. The number of hydrogen-bond donors (Lipinski definition) is 2. The Kier molecular flexibility index (Phi) is 5.62. The minimum Gasteiger partial charge on any atom is -0.381 e. The summed E-state index contributed by atoms with van der Waals surface area (Å²) in [7, 11) is 6.10. The summed E-state index contributed by atoms with van der Waals surface area (Å²) >= 11 is 0. The van der Waals surface area contributed by atoms with Gasteiger partial charge in [-0.2, -0.15) is 0 Å². The molecule has 0 aromatic carbocycles. The summed E-state index contributed by atoms with van der Waals surface area (Å²) in [6.45, 7) is 8.97. The zero-order chi connectivity index (χ0) is 14.5. The molecule has 1 fully saturated rings. The molecule has 0 unspecified atom stereocenters. The summed E-state index contributed by atoms with van der Waals surface area (Å²) in [6.07, 6.45) is 2.11. The van der Waals surface area contributed by atoms with Crippen molar-refractivity contribution in [3.05, 3.63) is 0 Å². The maximum atomic E-state index is 5.49. The van der Waals surface area contributed by atoms with Crippen LogP contribution < -0.4 is 10.6 Å². The smallest absolute Gasteiger partial charge is 0.191 e. The largest absolute Gasteiger partial charge is 0.381 e. The maximum Gasteiger partial charge on any atom is 0.191 e. The average molecular weight is 270 g/mol. The Hall–Kier alpha value is -0.810. The van der Waals surface area contributed by atoms with Crippen molar-refractivity contribution in [3.8, 4) is 0 Å². The van der Waals surface area contributed by atoms with Gasteiger partial charge in [-0.3, -0.25) is 4.99 Å². The highest BCUT2D eigenvalue weighted by Crippen LogP contribution is 2.24. The molecule has 5 nitrogen and oxygen atoms in total. The Morgan fingerprint density at radius 2 is 1.84 bits per heavy atom. The molecule has 0 saturated carbocycles.